The van der Waals surface area contributed by atoms with Crippen LogP contribution in [-0.4, -0.2) is 36.2 Å². The van der Waals surface area contributed by atoms with Gasteiger partial charge in [0.2, 0.25) is 0 Å². The van der Waals surface area contributed by atoms with Crippen LogP contribution in [0.15, 0.2) is 65.6 Å². The van der Waals surface area contributed by atoms with Gasteiger partial charge in [-0.25, -0.2) is 0 Å². The molecule has 1 fully saturated rings. The molecule has 1 aromatic heterocycles. The molecule has 3 aromatic carbocycles. The number of hydrogen-bond donors (Lipinski definition) is 2. The Labute approximate surface area is 175 Å². The number of hydrogen-bond acceptors (Lipinski definition) is 4. The number of rotatable bonds is 4. The highest BCUT2D eigenvalue weighted by atomic mass is 16.5. The molecule has 5 rings (SSSR count). The Morgan fingerprint density at radius 1 is 0.933 bits per heavy atom. The van der Waals surface area contributed by atoms with Crippen LogP contribution in [0.2, 0.25) is 0 Å². The van der Waals surface area contributed by atoms with E-state index >= 15 is 0 Å². The number of ether oxygens (including phenoxy) is 1. The van der Waals surface area contributed by atoms with Crippen molar-refractivity contribution in [3.05, 3.63) is 82.3 Å². The van der Waals surface area contributed by atoms with Crippen LogP contribution in [0.4, 0.5) is 0 Å². The smallest absolute Gasteiger partial charge is 0.256 e. The molecule has 30 heavy (non-hydrogen) atoms. The lowest BCUT2D eigenvalue weighted by Gasteiger charge is -2.27. The monoisotopic (exact) mass is 399 g/mol. The number of nitrogens with two attached hydrogens (primary N) is 1. The van der Waals surface area contributed by atoms with Gasteiger partial charge in [-0.15, -0.1) is 0 Å². The Kier molecular flexibility index (Phi) is 5.09. The van der Waals surface area contributed by atoms with Crippen molar-refractivity contribution in [1.82, 2.24) is 9.88 Å². The van der Waals surface area contributed by atoms with Crippen LogP contribution in [0.3, 0.4) is 0 Å². The Bertz CT molecular complexity index is 1260. The van der Waals surface area contributed by atoms with Crippen molar-refractivity contribution in [2.75, 3.05) is 26.3 Å². The predicted molar refractivity (Wildman–Crippen MR) is 121 cm³/mol. The van der Waals surface area contributed by atoms with Crippen molar-refractivity contribution in [3.63, 3.8) is 0 Å². The summed E-state index contributed by atoms with van der Waals surface area (Å²) in [4.78, 5) is 18.0. The van der Waals surface area contributed by atoms with Gasteiger partial charge in [-0.1, -0.05) is 36.4 Å². The number of fused-ring (bicyclic) bond motifs is 3. The summed E-state index contributed by atoms with van der Waals surface area (Å²) < 4.78 is 5.50. The van der Waals surface area contributed by atoms with Crippen LogP contribution in [0.1, 0.15) is 11.1 Å². The zero-order chi connectivity index (χ0) is 20.5. The molecule has 1 aliphatic heterocycles. The van der Waals surface area contributed by atoms with E-state index in [4.69, 9.17) is 10.5 Å². The summed E-state index contributed by atoms with van der Waals surface area (Å²) in [6, 6.07) is 18.9. The lowest BCUT2D eigenvalue weighted by Crippen LogP contribution is -2.35. The fourth-order valence-corrected chi connectivity index (χ4v) is 4.33. The summed E-state index contributed by atoms with van der Waals surface area (Å²) in [7, 11) is 0. The molecule has 4 aromatic rings. The summed E-state index contributed by atoms with van der Waals surface area (Å²) in [6.45, 7) is 4.79. The van der Waals surface area contributed by atoms with Crippen molar-refractivity contribution in [1.29, 1.82) is 0 Å². The second-order valence-electron chi connectivity index (χ2n) is 7.86. The van der Waals surface area contributed by atoms with E-state index in [9.17, 15) is 4.79 Å². The van der Waals surface area contributed by atoms with Crippen molar-refractivity contribution in [3.8, 4) is 11.1 Å². The van der Waals surface area contributed by atoms with Crippen molar-refractivity contribution < 1.29 is 4.74 Å². The van der Waals surface area contributed by atoms with Gasteiger partial charge in [-0.05, 0) is 56.6 Å². The maximum absolute atomic E-state index is 12.7. The summed E-state index contributed by atoms with van der Waals surface area (Å²) in [5.74, 6) is 0. The average molecular weight is 399 g/mol. The van der Waals surface area contributed by atoms with E-state index in [0.29, 0.717) is 6.54 Å². The third-order valence-electron chi connectivity index (χ3n) is 5.98. The maximum Gasteiger partial charge on any atom is 0.256 e. The van der Waals surface area contributed by atoms with Gasteiger partial charge >= 0.3 is 0 Å². The molecule has 5 heteroatoms. The van der Waals surface area contributed by atoms with Crippen LogP contribution in [0, 0.1) is 0 Å². The number of nitrogens with one attached hydrogen (secondary N) is 1. The normalized spacial score (nSPS) is 15.1. The molecule has 0 amide bonds. The Hall–Kier alpha value is -2.99. The molecule has 0 unspecified atom stereocenters. The minimum absolute atomic E-state index is 0.0500. The minimum atomic E-state index is -0.0500. The summed E-state index contributed by atoms with van der Waals surface area (Å²) in [5, 5.41) is 3.86. The number of morpholine rings is 1. The highest BCUT2D eigenvalue weighted by Gasteiger charge is 2.15. The molecule has 2 heterocycles. The zero-order valence-corrected chi connectivity index (χ0v) is 16.9. The number of H-pyrrole nitrogens is 1. The predicted octanol–water partition coefficient (Wildman–Crippen LogP) is 3.64. The van der Waals surface area contributed by atoms with E-state index in [1.807, 2.05) is 6.07 Å². The van der Waals surface area contributed by atoms with E-state index < -0.39 is 0 Å². The van der Waals surface area contributed by atoms with Gasteiger partial charge in [0.25, 0.3) is 5.56 Å². The molecule has 0 atom stereocenters. The molecule has 0 spiro atoms. The highest BCUT2D eigenvalue weighted by molar-refractivity contribution is 6.09. The molecule has 0 radical (unpaired) electrons. The number of nitrogens with zero attached hydrogens (tertiary/aromatic N) is 1. The lowest BCUT2D eigenvalue weighted by atomic mass is 9.94. The number of aromatic amines is 1. The Balaban J connectivity index is 1.68. The van der Waals surface area contributed by atoms with Crippen LogP contribution >= 0.6 is 0 Å². The van der Waals surface area contributed by atoms with Crippen LogP contribution in [0.5, 0.6) is 0 Å². The van der Waals surface area contributed by atoms with Gasteiger partial charge in [-0.2, -0.15) is 0 Å². The molecule has 5 nitrogen and oxygen atoms in total. The Morgan fingerprint density at radius 2 is 1.70 bits per heavy atom. The van der Waals surface area contributed by atoms with E-state index in [-0.39, 0.29) is 5.56 Å². The van der Waals surface area contributed by atoms with Gasteiger partial charge in [0.1, 0.15) is 0 Å². The minimum Gasteiger partial charge on any atom is -0.379 e. The summed E-state index contributed by atoms with van der Waals surface area (Å²) in [6.07, 6.45) is 1.73. The fraction of sp³-hybridized carbons (Fsp3) is 0.240. The van der Waals surface area contributed by atoms with Gasteiger partial charge < -0.3 is 15.5 Å². The van der Waals surface area contributed by atoms with Gasteiger partial charge in [0.05, 0.1) is 18.6 Å². The standard InChI is InChI=1S/C25H25N3O2/c26-15-17-1-3-18(4-2-17)19-5-6-22-21(16-28-9-11-30-12-10-28)13-20-7-8-27-25(29)24(20)23(22)14-19/h1-8,13-14H,9-12,15-16,26H2,(H,27,29). The second kappa shape index (κ2) is 8.03. The number of benzene rings is 3. The molecule has 0 bridgehead atoms. The molecule has 152 valence electrons. The van der Waals surface area contributed by atoms with Crippen molar-refractivity contribution >= 4 is 21.5 Å². The van der Waals surface area contributed by atoms with E-state index in [2.05, 4.69) is 58.4 Å². The van der Waals surface area contributed by atoms with Gasteiger partial charge in [-0.3, -0.25) is 9.69 Å². The first kappa shape index (κ1) is 19.0. The first-order chi connectivity index (χ1) is 14.7. The topological polar surface area (TPSA) is 71.3 Å². The van der Waals surface area contributed by atoms with E-state index in [0.717, 1.165) is 71.1 Å². The number of aromatic nitrogens is 1. The highest BCUT2D eigenvalue weighted by Crippen LogP contribution is 2.32. The number of pyridine rings is 1. The van der Waals surface area contributed by atoms with Crippen LogP contribution in [-0.2, 0) is 17.8 Å². The van der Waals surface area contributed by atoms with E-state index in [1.165, 1.54) is 5.56 Å². The van der Waals surface area contributed by atoms with E-state index in [1.54, 1.807) is 6.20 Å². The Morgan fingerprint density at radius 3 is 2.47 bits per heavy atom. The van der Waals surface area contributed by atoms with Gasteiger partial charge in [0, 0.05) is 32.4 Å². The lowest BCUT2D eigenvalue weighted by molar-refractivity contribution is 0.0344. The molecule has 0 aliphatic carbocycles. The third kappa shape index (κ3) is 3.52. The quantitative estimate of drug-likeness (QED) is 0.514. The molecule has 1 saturated heterocycles. The molecular weight excluding hydrogens is 374 g/mol. The van der Waals surface area contributed by atoms with Crippen LogP contribution < -0.4 is 11.3 Å². The molecule has 3 N–H and O–H groups in total. The summed E-state index contributed by atoms with van der Waals surface area (Å²) in [5.41, 5.74) is 10.3. The SMILES string of the molecule is NCc1ccc(-c2ccc3c(CN4CCOCC4)cc4cc[nH]c(=O)c4c3c2)cc1. The third-order valence-corrected chi connectivity index (χ3v) is 5.98. The second-order valence-corrected chi connectivity index (χ2v) is 7.86. The first-order valence-electron chi connectivity index (χ1n) is 10.4. The van der Waals surface area contributed by atoms with Crippen LogP contribution in [0.25, 0.3) is 32.7 Å². The molecule has 0 saturated carbocycles. The van der Waals surface area contributed by atoms with Gasteiger partial charge in [0.15, 0.2) is 0 Å². The average Bonchev–Trinajstić information content (AvgIpc) is 2.79. The first-order valence-corrected chi connectivity index (χ1v) is 10.4. The molecular formula is C25H25N3O2. The largest absolute Gasteiger partial charge is 0.379 e. The summed E-state index contributed by atoms with van der Waals surface area (Å²) >= 11 is 0. The molecule has 1 aliphatic rings. The maximum atomic E-state index is 12.7. The van der Waals surface area contributed by atoms with Crippen molar-refractivity contribution in [2.45, 2.75) is 13.1 Å². The zero-order valence-electron chi connectivity index (χ0n) is 16.9. The fourth-order valence-electron chi connectivity index (χ4n) is 4.33. The van der Waals surface area contributed by atoms with Crippen molar-refractivity contribution in [2.24, 2.45) is 5.73 Å².